The van der Waals surface area contributed by atoms with Gasteiger partial charge >= 0.3 is 0 Å². The lowest BCUT2D eigenvalue weighted by atomic mass is 9.76. The maximum Gasteiger partial charge on any atom is 0.0721 e. The van der Waals surface area contributed by atoms with Crippen LogP contribution < -0.4 is 0 Å². The van der Waals surface area contributed by atoms with Crippen molar-refractivity contribution < 1.29 is 4.74 Å². The molecular weight excluding hydrogens is 328 g/mol. The van der Waals surface area contributed by atoms with Crippen LogP contribution in [0.4, 0.5) is 0 Å². The fourth-order valence-electron chi connectivity index (χ4n) is 4.03. The van der Waals surface area contributed by atoms with Gasteiger partial charge in [0, 0.05) is 0 Å². The third kappa shape index (κ3) is 5.68. The maximum atomic E-state index is 5.69. The van der Waals surface area contributed by atoms with E-state index in [0.29, 0.717) is 25.0 Å². The molecule has 0 bridgehead atoms. The summed E-state index contributed by atoms with van der Waals surface area (Å²) in [4.78, 5) is 0. The van der Waals surface area contributed by atoms with Gasteiger partial charge in [-0.25, -0.2) is 0 Å². The number of hydrogen-bond donors (Lipinski definition) is 0. The molecule has 0 aromatic heterocycles. The quantitative estimate of drug-likeness (QED) is 0.356. The van der Waals surface area contributed by atoms with Crippen LogP contribution in [0, 0.1) is 0 Å². The molecule has 0 saturated heterocycles. The highest BCUT2D eigenvalue weighted by molar-refractivity contribution is 5.47. The normalized spacial score (nSPS) is 20.0. The lowest BCUT2D eigenvalue weighted by Gasteiger charge is -2.29. The first-order valence-corrected chi connectivity index (χ1v) is 10.3. The molecule has 0 aliphatic heterocycles. The van der Waals surface area contributed by atoms with E-state index in [2.05, 4.69) is 74.2 Å². The van der Waals surface area contributed by atoms with Crippen LogP contribution in [0.15, 0.2) is 67.3 Å². The fourth-order valence-corrected chi connectivity index (χ4v) is 4.03. The van der Waals surface area contributed by atoms with E-state index in [9.17, 15) is 0 Å². The molecule has 0 atom stereocenters. The van der Waals surface area contributed by atoms with Crippen molar-refractivity contribution in [1.82, 2.24) is 0 Å². The first-order valence-electron chi connectivity index (χ1n) is 10.3. The first-order chi connectivity index (χ1) is 13.3. The molecule has 0 spiro atoms. The Kier molecular flexibility index (Phi) is 7.47. The highest BCUT2D eigenvalue weighted by Crippen LogP contribution is 2.40. The topological polar surface area (TPSA) is 9.23 Å². The summed E-state index contributed by atoms with van der Waals surface area (Å²) in [5, 5.41) is 0. The molecule has 0 N–H and O–H groups in total. The van der Waals surface area contributed by atoms with Crippen molar-refractivity contribution in [3.63, 3.8) is 0 Å². The van der Waals surface area contributed by atoms with E-state index >= 15 is 0 Å². The molecule has 142 valence electrons. The Balaban J connectivity index is 1.48. The fraction of sp³-hybridized carbons (Fsp3) is 0.385. The average molecular weight is 361 g/mol. The van der Waals surface area contributed by atoms with Crippen molar-refractivity contribution >= 4 is 6.08 Å². The standard InChI is InChI=1S/C26H32O/c1-3-5-6-19-27-20-22-9-13-24(14-10-22)26-17-15-25(16-18-26)23-11-7-21(4-2)8-12-23/h4-14,25-26H,2-3,15-20H2,1H3. The van der Waals surface area contributed by atoms with E-state index in [0.717, 1.165) is 6.42 Å². The molecule has 3 rings (SSSR count). The second kappa shape index (κ2) is 10.3. The van der Waals surface area contributed by atoms with Gasteiger partial charge in [0.15, 0.2) is 0 Å². The van der Waals surface area contributed by atoms with Crippen molar-refractivity contribution in [2.75, 3.05) is 6.61 Å². The maximum absolute atomic E-state index is 5.69. The minimum absolute atomic E-state index is 0.696. The van der Waals surface area contributed by atoms with Crippen LogP contribution in [0.25, 0.3) is 6.08 Å². The predicted octanol–water partition coefficient (Wildman–Crippen LogP) is 7.25. The average Bonchev–Trinajstić information content (AvgIpc) is 2.74. The lowest BCUT2D eigenvalue weighted by Crippen LogP contribution is -2.12. The number of hydrogen-bond acceptors (Lipinski definition) is 1. The van der Waals surface area contributed by atoms with Gasteiger partial charge in [0.2, 0.25) is 0 Å². The van der Waals surface area contributed by atoms with Gasteiger partial charge in [-0.15, -0.1) is 0 Å². The number of benzene rings is 2. The minimum Gasteiger partial charge on any atom is -0.373 e. The van der Waals surface area contributed by atoms with Gasteiger partial charge in [-0.05, 0) is 66.2 Å². The Bertz CT molecular complexity index is 716. The van der Waals surface area contributed by atoms with Crippen molar-refractivity contribution in [2.45, 2.75) is 57.5 Å². The Labute approximate surface area is 164 Å². The van der Waals surface area contributed by atoms with Crippen LogP contribution in [-0.2, 0) is 11.3 Å². The summed E-state index contributed by atoms with van der Waals surface area (Å²) >= 11 is 0. The van der Waals surface area contributed by atoms with Crippen molar-refractivity contribution in [3.05, 3.63) is 89.5 Å². The van der Waals surface area contributed by atoms with E-state index in [1.165, 1.54) is 47.9 Å². The largest absolute Gasteiger partial charge is 0.373 e. The molecule has 1 saturated carbocycles. The second-order valence-corrected chi connectivity index (χ2v) is 7.56. The molecular formula is C26H32O. The Hall–Kier alpha value is -2.12. The predicted molar refractivity (Wildman–Crippen MR) is 116 cm³/mol. The van der Waals surface area contributed by atoms with Gasteiger partial charge in [-0.3, -0.25) is 0 Å². The summed E-state index contributed by atoms with van der Waals surface area (Å²) in [6.45, 7) is 7.38. The van der Waals surface area contributed by atoms with Gasteiger partial charge in [0.05, 0.1) is 13.2 Å². The molecule has 1 fully saturated rings. The van der Waals surface area contributed by atoms with Gasteiger partial charge in [0.1, 0.15) is 0 Å². The molecule has 0 unspecified atom stereocenters. The molecule has 0 heterocycles. The number of allylic oxidation sites excluding steroid dienone is 1. The summed E-state index contributed by atoms with van der Waals surface area (Å²) in [6, 6.07) is 18.0. The Morgan fingerprint density at radius 2 is 1.41 bits per heavy atom. The van der Waals surface area contributed by atoms with E-state index in [-0.39, 0.29) is 0 Å². The van der Waals surface area contributed by atoms with Crippen LogP contribution in [0.5, 0.6) is 0 Å². The highest BCUT2D eigenvalue weighted by atomic mass is 16.5. The third-order valence-electron chi connectivity index (χ3n) is 5.71. The molecule has 0 radical (unpaired) electrons. The summed E-state index contributed by atoms with van der Waals surface area (Å²) in [7, 11) is 0. The Morgan fingerprint density at radius 1 is 0.852 bits per heavy atom. The summed E-state index contributed by atoms with van der Waals surface area (Å²) in [5.74, 6) is 1.42. The molecule has 1 aliphatic rings. The number of ether oxygens (including phenoxy) is 1. The van der Waals surface area contributed by atoms with Crippen LogP contribution in [0.2, 0.25) is 0 Å². The van der Waals surface area contributed by atoms with Crippen LogP contribution >= 0.6 is 0 Å². The summed E-state index contributed by atoms with van der Waals surface area (Å²) in [5.41, 5.74) is 5.45. The monoisotopic (exact) mass is 360 g/mol. The van der Waals surface area contributed by atoms with E-state index in [1.807, 2.05) is 6.08 Å². The third-order valence-corrected chi connectivity index (χ3v) is 5.71. The van der Waals surface area contributed by atoms with Crippen molar-refractivity contribution in [1.29, 1.82) is 0 Å². The van der Waals surface area contributed by atoms with Gasteiger partial charge in [0.25, 0.3) is 0 Å². The van der Waals surface area contributed by atoms with Crippen LogP contribution in [-0.4, -0.2) is 6.61 Å². The zero-order valence-corrected chi connectivity index (χ0v) is 16.6. The van der Waals surface area contributed by atoms with Gasteiger partial charge < -0.3 is 4.74 Å². The molecule has 1 aliphatic carbocycles. The van der Waals surface area contributed by atoms with E-state index < -0.39 is 0 Å². The smallest absolute Gasteiger partial charge is 0.0721 e. The Morgan fingerprint density at radius 3 is 1.93 bits per heavy atom. The minimum atomic E-state index is 0.696. The molecule has 1 heteroatoms. The SMILES string of the molecule is C=Cc1ccc(C2CCC(c3ccc(COCC=CCC)cc3)CC2)cc1. The van der Waals surface area contributed by atoms with Gasteiger partial charge in [-0.1, -0.05) is 80.3 Å². The number of rotatable bonds is 8. The van der Waals surface area contributed by atoms with Crippen molar-refractivity contribution in [2.24, 2.45) is 0 Å². The van der Waals surface area contributed by atoms with Crippen molar-refractivity contribution in [3.8, 4) is 0 Å². The summed E-state index contributed by atoms with van der Waals surface area (Å²) in [6.07, 6.45) is 12.4. The molecule has 1 nitrogen and oxygen atoms in total. The zero-order valence-electron chi connectivity index (χ0n) is 16.6. The highest BCUT2D eigenvalue weighted by Gasteiger charge is 2.23. The first kappa shape index (κ1) is 19.6. The van der Waals surface area contributed by atoms with Crippen LogP contribution in [0.1, 0.15) is 73.1 Å². The molecule has 27 heavy (non-hydrogen) atoms. The molecule has 0 amide bonds. The second-order valence-electron chi connectivity index (χ2n) is 7.56. The summed E-state index contributed by atoms with van der Waals surface area (Å²) < 4.78 is 5.69. The van der Waals surface area contributed by atoms with E-state index in [4.69, 9.17) is 4.74 Å². The van der Waals surface area contributed by atoms with Crippen LogP contribution in [0.3, 0.4) is 0 Å². The lowest BCUT2D eigenvalue weighted by molar-refractivity contribution is 0.148. The van der Waals surface area contributed by atoms with Gasteiger partial charge in [-0.2, -0.15) is 0 Å². The zero-order chi connectivity index (χ0) is 18.9. The molecule has 2 aromatic rings. The van der Waals surface area contributed by atoms with E-state index in [1.54, 1.807) is 0 Å². The molecule has 2 aromatic carbocycles.